The monoisotopic (exact) mass is 253 g/mol. The van der Waals surface area contributed by atoms with E-state index < -0.39 is 12.8 Å². The van der Waals surface area contributed by atoms with Crippen LogP contribution in [0, 0.1) is 5.92 Å². The normalized spacial score (nSPS) is 25.4. The van der Waals surface area contributed by atoms with Crippen molar-refractivity contribution in [3.05, 3.63) is 0 Å². The van der Waals surface area contributed by atoms with E-state index in [1.54, 1.807) is 0 Å². The molecule has 5 heteroatoms. The van der Waals surface area contributed by atoms with Gasteiger partial charge in [-0.3, -0.25) is 0 Å². The minimum atomic E-state index is -4.19. The highest BCUT2D eigenvalue weighted by Gasteiger charge is 2.27. The molecule has 0 aromatic carbocycles. The first-order valence-electron chi connectivity index (χ1n) is 6.39. The lowest BCUT2D eigenvalue weighted by Gasteiger charge is -2.12. The number of hydrogen-bond donors (Lipinski definition) is 1. The molecule has 0 heterocycles. The van der Waals surface area contributed by atoms with Gasteiger partial charge in [0.2, 0.25) is 0 Å². The summed E-state index contributed by atoms with van der Waals surface area (Å²) >= 11 is 0. The molecule has 102 valence electrons. The van der Waals surface area contributed by atoms with Gasteiger partial charge in [0, 0.05) is 12.6 Å². The van der Waals surface area contributed by atoms with Crippen molar-refractivity contribution in [3.63, 3.8) is 0 Å². The fourth-order valence-corrected chi connectivity index (χ4v) is 2.47. The van der Waals surface area contributed by atoms with Crippen molar-refractivity contribution in [2.75, 3.05) is 19.8 Å². The summed E-state index contributed by atoms with van der Waals surface area (Å²) in [4.78, 5) is 0. The quantitative estimate of drug-likeness (QED) is 0.704. The van der Waals surface area contributed by atoms with Crippen molar-refractivity contribution in [1.29, 1.82) is 0 Å². The van der Waals surface area contributed by atoms with E-state index in [0.717, 1.165) is 25.8 Å². The molecule has 0 aromatic heterocycles. The van der Waals surface area contributed by atoms with Crippen molar-refractivity contribution < 1.29 is 17.9 Å². The molecule has 0 aromatic rings. The molecule has 1 aliphatic rings. The Morgan fingerprint density at radius 3 is 2.71 bits per heavy atom. The Bertz CT molecular complexity index is 208. The minimum Gasteiger partial charge on any atom is -0.372 e. The van der Waals surface area contributed by atoms with Crippen LogP contribution in [0.1, 0.15) is 39.0 Å². The van der Waals surface area contributed by atoms with Gasteiger partial charge in [-0.2, -0.15) is 13.2 Å². The fraction of sp³-hybridized carbons (Fsp3) is 1.00. The third-order valence-electron chi connectivity index (χ3n) is 3.20. The first-order chi connectivity index (χ1) is 8.01. The number of hydrogen-bond acceptors (Lipinski definition) is 2. The number of nitrogens with one attached hydrogen (secondary N) is 1. The summed E-state index contributed by atoms with van der Waals surface area (Å²) < 4.78 is 40.0. The lowest BCUT2D eigenvalue weighted by Crippen LogP contribution is -2.25. The van der Waals surface area contributed by atoms with Gasteiger partial charge in [-0.05, 0) is 44.6 Å². The van der Waals surface area contributed by atoms with Crippen LogP contribution in [0.4, 0.5) is 13.2 Å². The molecule has 0 saturated heterocycles. The van der Waals surface area contributed by atoms with Crippen molar-refractivity contribution in [3.8, 4) is 0 Å². The first-order valence-corrected chi connectivity index (χ1v) is 6.39. The van der Waals surface area contributed by atoms with Crippen LogP contribution in [0.25, 0.3) is 0 Å². The zero-order valence-electron chi connectivity index (χ0n) is 10.4. The average molecular weight is 253 g/mol. The molecule has 2 nitrogen and oxygen atoms in total. The largest absolute Gasteiger partial charge is 0.411 e. The summed E-state index contributed by atoms with van der Waals surface area (Å²) in [7, 11) is 0. The molecule has 2 atom stereocenters. The second kappa shape index (κ2) is 7.21. The van der Waals surface area contributed by atoms with Crippen LogP contribution in [-0.2, 0) is 4.74 Å². The van der Waals surface area contributed by atoms with Crippen LogP contribution in [0.15, 0.2) is 0 Å². The van der Waals surface area contributed by atoms with E-state index in [0.29, 0.717) is 12.0 Å². The maximum absolute atomic E-state index is 11.8. The van der Waals surface area contributed by atoms with Gasteiger partial charge in [0.05, 0.1) is 0 Å². The molecular formula is C12H22F3NO. The molecule has 0 aliphatic heterocycles. The number of alkyl halides is 3. The van der Waals surface area contributed by atoms with E-state index >= 15 is 0 Å². The Hall–Kier alpha value is -0.290. The smallest absolute Gasteiger partial charge is 0.372 e. The molecule has 0 amide bonds. The van der Waals surface area contributed by atoms with E-state index in [2.05, 4.69) is 17.0 Å². The zero-order valence-corrected chi connectivity index (χ0v) is 10.4. The molecule has 2 unspecified atom stereocenters. The molecule has 1 N–H and O–H groups in total. The molecule has 17 heavy (non-hydrogen) atoms. The van der Waals surface area contributed by atoms with Crippen molar-refractivity contribution in [1.82, 2.24) is 5.32 Å². The maximum Gasteiger partial charge on any atom is 0.411 e. The first kappa shape index (κ1) is 14.8. The lowest BCUT2D eigenvalue weighted by molar-refractivity contribution is -0.174. The molecule has 1 saturated carbocycles. The summed E-state index contributed by atoms with van der Waals surface area (Å²) in [6, 6.07) is 0.612. The van der Waals surface area contributed by atoms with Crippen LogP contribution in [-0.4, -0.2) is 32.0 Å². The Balaban J connectivity index is 1.97. The molecule has 1 rings (SSSR count). The van der Waals surface area contributed by atoms with E-state index in [9.17, 15) is 13.2 Å². The fourth-order valence-electron chi connectivity index (χ4n) is 2.47. The van der Waals surface area contributed by atoms with Crippen LogP contribution < -0.4 is 5.32 Å². The van der Waals surface area contributed by atoms with Gasteiger partial charge < -0.3 is 10.1 Å². The predicted molar refractivity (Wildman–Crippen MR) is 60.9 cm³/mol. The highest BCUT2D eigenvalue weighted by molar-refractivity contribution is 4.80. The van der Waals surface area contributed by atoms with Crippen molar-refractivity contribution in [2.24, 2.45) is 5.92 Å². The predicted octanol–water partition coefficient (Wildman–Crippen LogP) is 3.12. The Morgan fingerprint density at radius 2 is 2.06 bits per heavy atom. The molecule has 1 fully saturated rings. The molecule has 0 spiro atoms. The second-order valence-corrected chi connectivity index (χ2v) is 4.74. The van der Waals surface area contributed by atoms with Gasteiger partial charge in [0.1, 0.15) is 6.61 Å². The van der Waals surface area contributed by atoms with E-state index in [4.69, 9.17) is 0 Å². The van der Waals surface area contributed by atoms with Gasteiger partial charge in [0.25, 0.3) is 0 Å². The van der Waals surface area contributed by atoms with Gasteiger partial charge in [-0.25, -0.2) is 0 Å². The summed E-state index contributed by atoms with van der Waals surface area (Å²) in [6.07, 6.45) is 1.08. The van der Waals surface area contributed by atoms with Crippen LogP contribution >= 0.6 is 0 Å². The third-order valence-corrected chi connectivity index (χ3v) is 3.20. The minimum absolute atomic E-state index is 0.224. The van der Waals surface area contributed by atoms with Crippen LogP contribution in [0.3, 0.4) is 0 Å². The average Bonchev–Trinajstić information content (AvgIpc) is 2.64. The molecular weight excluding hydrogens is 231 g/mol. The van der Waals surface area contributed by atoms with Crippen molar-refractivity contribution >= 4 is 0 Å². The van der Waals surface area contributed by atoms with Crippen LogP contribution in [0.5, 0.6) is 0 Å². The Kier molecular flexibility index (Phi) is 6.27. The second-order valence-electron chi connectivity index (χ2n) is 4.74. The molecule has 0 radical (unpaired) electrons. The van der Waals surface area contributed by atoms with Gasteiger partial charge in [0.15, 0.2) is 0 Å². The highest BCUT2D eigenvalue weighted by atomic mass is 19.4. The summed E-state index contributed by atoms with van der Waals surface area (Å²) in [5, 5.41) is 3.42. The number of rotatable bonds is 7. The Morgan fingerprint density at radius 1 is 1.29 bits per heavy atom. The summed E-state index contributed by atoms with van der Waals surface area (Å²) in [5.74, 6) is 0.661. The topological polar surface area (TPSA) is 21.3 Å². The highest BCUT2D eigenvalue weighted by Crippen LogP contribution is 2.29. The summed E-state index contributed by atoms with van der Waals surface area (Å²) in [6.45, 7) is 2.20. The lowest BCUT2D eigenvalue weighted by atomic mass is 10.0. The molecule has 0 bridgehead atoms. The van der Waals surface area contributed by atoms with Gasteiger partial charge in [-0.15, -0.1) is 0 Å². The zero-order chi connectivity index (χ0) is 12.7. The maximum atomic E-state index is 11.8. The van der Waals surface area contributed by atoms with E-state index in [-0.39, 0.29) is 6.61 Å². The summed E-state index contributed by atoms with van der Waals surface area (Å²) in [5.41, 5.74) is 0. The van der Waals surface area contributed by atoms with Gasteiger partial charge >= 0.3 is 6.18 Å². The standard InChI is InChI=1S/C12H22F3NO/c1-2-16-11-6-5-10(8-11)4-3-7-17-9-12(13,14)15/h10-11,16H,2-9H2,1H3. The van der Waals surface area contributed by atoms with E-state index in [1.165, 1.54) is 12.8 Å². The van der Waals surface area contributed by atoms with Crippen molar-refractivity contribution in [2.45, 2.75) is 51.2 Å². The number of ether oxygens (including phenoxy) is 1. The number of halogens is 3. The molecule has 1 aliphatic carbocycles. The van der Waals surface area contributed by atoms with Gasteiger partial charge in [-0.1, -0.05) is 6.92 Å². The third kappa shape index (κ3) is 6.88. The van der Waals surface area contributed by atoms with E-state index in [1.807, 2.05) is 0 Å². The Labute approximate surface area is 101 Å². The SMILES string of the molecule is CCNC1CCC(CCCOCC(F)(F)F)C1. The van der Waals surface area contributed by atoms with Crippen LogP contribution in [0.2, 0.25) is 0 Å².